The van der Waals surface area contributed by atoms with Crippen LogP contribution in [-0.4, -0.2) is 30.6 Å². The highest BCUT2D eigenvalue weighted by Gasteiger charge is 2.43. The first-order valence-electron chi connectivity index (χ1n) is 9.38. The topological polar surface area (TPSA) is 41.6 Å². The smallest absolute Gasteiger partial charge is 0.410 e. The number of allylic oxidation sites excluding steroid dienone is 5. The van der Waals surface area contributed by atoms with E-state index in [0.29, 0.717) is 6.61 Å². The number of carbonyl (C=O) groups excluding carboxylic acids is 1. The maximum atomic E-state index is 12.4. The molecule has 1 amide bonds. The summed E-state index contributed by atoms with van der Waals surface area (Å²) in [4.78, 5) is 14.2. The molecule has 2 saturated heterocycles. The van der Waals surface area contributed by atoms with Crippen LogP contribution in [0.25, 0.3) is 0 Å². The van der Waals surface area contributed by atoms with Crippen molar-refractivity contribution in [3.63, 3.8) is 0 Å². The summed E-state index contributed by atoms with van der Waals surface area (Å²) in [5, 5.41) is 3.55. The summed E-state index contributed by atoms with van der Waals surface area (Å²) >= 11 is 0. The minimum Gasteiger partial charge on any atom is -0.445 e. The second-order valence-corrected chi connectivity index (χ2v) is 6.97. The summed E-state index contributed by atoms with van der Waals surface area (Å²) in [6.07, 6.45) is 10.2. The molecule has 2 aliphatic heterocycles. The molecule has 0 atom stereocenters. The maximum absolute atomic E-state index is 12.4. The van der Waals surface area contributed by atoms with E-state index in [4.69, 9.17) is 4.74 Å². The molecule has 0 bridgehead atoms. The van der Waals surface area contributed by atoms with Gasteiger partial charge in [-0.2, -0.15) is 0 Å². The van der Waals surface area contributed by atoms with Gasteiger partial charge in [0.15, 0.2) is 0 Å². The minimum atomic E-state index is -0.207. The van der Waals surface area contributed by atoms with E-state index in [1.165, 1.54) is 11.3 Å². The van der Waals surface area contributed by atoms with Crippen LogP contribution in [0.5, 0.6) is 0 Å². The van der Waals surface area contributed by atoms with Gasteiger partial charge < -0.3 is 15.0 Å². The lowest BCUT2D eigenvalue weighted by atomic mass is 9.73. The standard InChI is InChI=1S/C22H28N2O2/c1-3-5-11-20-19(4-2)22(17-23-20)12-14-24(15-13-22)21(25)26-16-18-9-7-6-8-10-18/h3-11,23H,12-17H2,1-2H3/b5-3-,19-4+,20-11+. The normalized spacial score (nSPS) is 22.3. The third kappa shape index (κ3) is 3.85. The second kappa shape index (κ2) is 8.26. The van der Waals surface area contributed by atoms with Gasteiger partial charge in [0.05, 0.1) is 0 Å². The SMILES string of the molecule is C\C=C/C=C1/NCC2(CCN(C(=O)OCc3ccccc3)CC2)/C1=C/C. The van der Waals surface area contributed by atoms with E-state index >= 15 is 0 Å². The highest BCUT2D eigenvalue weighted by Crippen LogP contribution is 2.45. The van der Waals surface area contributed by atoms with Gasteiger partial charge in [0.25, 0.3) is 0 Å². The fraction of sp³-hybridized carbons (Fsp3) is 0.409. The van der Waals surface area contributed by atoms with Crippen molar-refractivity contribution in [2.45, 2.75) is 33.3 Å². The quantitative estimate of drug-likeness (QED) is 0.876. The van der Waals surface area contributed by atoms with Crippen LogP contribution in [0.15, 0.2) is 65.9 Å². The van der Waals surface area contributed by atoms with Crippen molar-refractivity contribution < 1.29 is 9.53 Å². The Morgan fingerprint density at radius 3 is 2.62 bits per heavy atom. The number of benzene rings is 1. The van der Waals surface area contributed by atoms with Gasteiger partial charge in [-0.3, -0.25) is 0 Å². The Hall–Kier alpha value is -2.49. The molecule has 2 fully saturated rings. The van der Waals surface area contributed by atoms with Crippen LogP contribution in [-0.2, 0) is 11.3 Å². The third-order valence-electron chi connectivity index (χ3n) is 5.41. The molecule has 0 aliphatic carbocycles. The van der Waals surface area contributed by atoms with Crippen molar-refractivity contribution in [2.75, 3.05) is 19.6 Å². The van der Waals surface area contributed by atoms with Crippen molar-refractivity contribution >= 4 is 6.09 Å². The zero-order valence-electron chi connectivity index (χ0n) is 15.7. The summed E-state index contributed by atoms with van der Waals surface area (Å²) in [7, 11) is 0. The van der Waals surface area contributed by atoms with Crippen LogP contribution in [0.4, 0.5) is 4.79 Å². The number of nitrogens with zero attached hydrogens (tertiary/aromatic N) is 1. The largest absolute Gasteiger partial charge is 0.445 e. The average Bonchev–Trinajstić information content (AvgIpc) is 3.02. The molecule has 138 valence electrons. The fourth-order valence-electron chi connectivity index (χ4n) is 3.92. The number of likely N-dealkylation sites (tertiary alicyclic amines) is 1. The lowest BCUT2D eigenvalue weighted by molar-refractivity contribution is 0.0734. The van der Waals surface area contributed by atoms with E-state index in [0.717, 1.165) is 38.0 Å². The van der Waals surface area contributed by atoms with Gasteiger partial charge in [-0.25, -0.2) is 4.79 Å². The molecule has 0 aromatic heterocycles. The van der Waals surface area contributed by atoms with E-state index in [2.05, 4.69) is 30.5 Å². The Morgan fingerprint density at radius 2 is 1.96 bits per heavy atom. The molecule has 2 heterocycles. The monoisotopic (exact) mass is 352 g/mol. The van der Waals surface area contributed by atoms with Crippen molar-refractivity contribution in [1.82, 2.24) is 10.2 Å². The first-order valence-corrected chi connectivity index (χ1v) is 9.38. The number of hydrogen-bond acceptors (Lipinski definition) is 3. The average molecular weight is 352 g/mol. The van der Waals surface area contributed by atoms with Gasteiger partial charge in [-0.15, -0.1) is 0 Å². The summed E-state index contributed by atoms with van der Waals surface area (Å²) in [6, 6.07) is 9.82. The molecule has 1 aromatic carbocycles. The van der Waals surface area contributed by atoms with E-state index in [1.807, 2.05) is 48.2 Å². The Morgan fingerprint density at radius 1 is 1.23 bits per heavy atom. The molecule has 4 nitrogen and oxygen atoms in total. The molecule has 2 aliphatic rings. The number of nitrogens with one attached hydrogen (secondary N) is 1. The summed E-state index contributed by atoms with van der Waals surface area (Å²) in [6.45, 7) is 6.89. The van der Waals surface area contributed by atoms with Gasteiger partial charge in [0.2, 0.25) is 0 Å². The van der Waals surface area contributed by atoms with E-state index in [-0.39, 0.29) is 11.5 Å². The number of rotatable bonds is 3. The predicted octanol–water partition coefficient (Wildman–Crippen LogP) is 4.41. The lowest BCUT2D eigenvalue weighted by Crippen LogP contribution is -2.44. The van der Waals surface area contributed by atoms with Crippen molar-refractivity contribution in [3.05, 3.63) is 71.5 Å². The number of hydrogen-bond donors (Lipinski definition) is 1. The van der Waals surface area contributed by atoms with Crippen molar-refractivity contribution in [3.8, 4) is 0 Å². The number of piperidine rings is 1. The van der Waals surface area contributed by atoms with E-state index in [1.54, 1.807) is 0 Å². The molecular formula is C22H28N2O2. The third-order valence-corrected chi connectivity index (χ3v) is 5.41. The maximum Gasteiger partial charge on any atom is 0.410 e. The summed E-state index contributed by atoms with van der Waals surface area (Å²) in [5.74, 6) is 0. The Balaban J connectivity index is 1.57. The summed E-state index contributed by atoms with van der Waals surface area (Å²) in [5.41, 5.74) is 3.75. The Bertz CT molecular complexity index is 711. The van der Waals surface area contributed by atoms with E-state index in [9.17, 15) is 4.79 Å². The van der Waals surface area contributed by atoms with Crippen LogP contribution >= 0.6 is 0 Å². The zero-order chi connectivity index (χ0) is 18.4. The first kappa shape index (κ1) is 18.3. The molecule has 1 spiro atoms. The van der Waals surface area contributed by atoms with Crippen LogP contribution in [0.2, 0.25) is 0 Å². The highest BCUT2D eigenvalue weighted by molar-refractivity contribution is 5.68. The molecule has 3 rings (SSSR count). The van der Waals surface area contributed by atoms with Gasteiger partial charge in [0, 0.05) is 30.7 Å². The molecule has 1 aromatic rings. The van der Waals surface area contributed by atoms with Crippen LogP contribution in [0, 0.1) is 5.41 Å². The Labute approximate surface area is 156 Å². The van der Waals surface area contributed by atoms with Crippen LogP contribution < -0.4 is 5.32 Å². The van der Waals surface area contributed by atoms with Gasteiger partial charge in [0.1, 0.15) is 6.61 Å². The summed E-state index contributed by atoms with van der Waals surface area (Å²) < 4.78 is 5.48. The molecule has 0 saturated carbocycles. The van der Waals surface area contributed by atoms with Crippen molar-refractivity contribution in [1.29, 1.82) is 0 Å². The number of ether oxygens (including phenoxy) is 1. The predicted molar refractivity (Wildman–Crippen MR) is 105 cm³/mol. The molecule has 1 N–H and O–H groups in total. The van der Waals surface area contributed by atoms with Gasteiger partial charge in [-0.05, 0) is 43.9 Å². The van der Waals surface area contributed by atoms with Crippen LogP contribution in [0.1, 0.15) is 32.3 Å². The molecule has 0 radical (unpaired) electrons. The molecule has 0 unspecified atom stereocenters. The van der Waals surface area contributed by atoms with E-state index < -0.39 is 0 Å². The second-order valence-electron chi connectivity index (χ2n) is 6.97. The highest BCUT2D eigenvalue weighted by atomic mass is 16.6. The molecular weight excluding hydrogens is 324 g/mol. The van der Waals surface area contributed by atoms with Gasteiger partial charge >= 0.3 is 6.09 Å². The minimum absolute atomic E-state index is 0.137. The Kier molecular flexibility index (Phi) is 5.82. The molecule has 26 heavy (non-hydrogen) atoms. The fourth-order valence-corrected chi connectivity index (χ4v) is 3.92. The van der Waals surface area contributed by atoms with Gasteiger partial charge in [-0.1, -0.05) is 48.6 Å². The van der Waals surface area contributed by atoms with Crippen LogP contribution in [0.3, 0.4) is 0 Å². The zero-order valence-corrected chi connectivity index (χ0v) is 15.7. The lowest BCUT2D eigenvalue weighted by Gasteiger charge is -2.39. The van der Waals surface area contributed by atoms with Crippen molar-refractivity contribution in [2.24, 2.45) is 5.41 Å². The first-order chi connectivity index (χ1) is 12.7. The number of amides is 1. The molecule has 4 heteroatoms. The number of carbonyl (C=O) groups is 1.